The molecule has 3 rings (SSSR count). The zero-order valence-corrected chi connectivity index (χ0v) is 18.1. The second kappa shape index (κ2) is 8.92. The number of sulfonamides is 1. The summed E-state index contributed by atoms with van der Waals surface area (Å²) < 4.78 is 33.2. The average molecular weight is 443 g/mol. The lowest BCUT2D eigenvalue weighted by Crippen LogP contribution is -2.48. The molecular weight excluding hydrogens is 420 g/mol. The fourth-order valence-corrected chi connectivity index (χ4v) is 5.96. The summed E-state index contributed by atoms with van der Waals surface area (Å²) in [7, 11) is -3.83. The topological polar surface area (TPSA) is 75.7 Å². The Morgan fingerprint density at radius 1 is 1.29 bits per heavy atom. The van der Waals surface area contributed by atoms with E-state index in [1.54, 1.807) is 11.3 Å². The number of hydrogen-bond acceptors (Lipinski definition) is 5. The first-order chi connectivity index (χ1) is 13.3. The Hall–Kier alpha value is -1.45. The monoisotopic (exact) mass is 442 g/mol. The lowest BCUT2D eigenvalue weighted by atomic mass is 10.2. The summed E-state index contributed by atoms with van der Waals surface area (Å²) in [5, 5.41) is 4.91. The number of benzene rings is 1. The van der Waals surface area contributed by atoms with Crippen molar-refractivity contribution in [3.8, 4) is 0 Å². The van der Waals surface area contributed by atoms with Crippen LogP contribution in [0.15, 0.2) is 40.6 Å². The molecule has 2 aromatic rings. The van der Waals surface area contributed by atoms with Gasteiger partial charge in [-0.05, 0) is 49.9 Å². The van der Waals surface area contributed by atoms with Crippen molar-refractivity contribution in [1.82, 2.24) is 9.62 Å². The highest BCUT2D eigenvalue weighted by molar-refractivity contribution is 7.89. The van der Waals surface area contributed by atoms with E-state index in [9.17, 15) is 13.2 Å². The summed E-state index contributed by atoms with van der Waals surface area (Å²) in [6.45, 7) is 4.64. The van der Waals surface area contributed by atoms with Gasteiger partial charge in [-0.1, -0.05) is 17.7 Å². The molecule has 2 atom stereocenters. The molecule has 0 spiro atoms. The molecule has 28 heavy (non-hydrogen) atoms. The molecule has 0 bridgehead atoms. The maximum Gasteiger partial charge on any atom is 0.251 e. The molecule has 2 unspecified atom stereocenters. The molecule has 0 radical (unpaired) electrons. The fraction of sp³-hybridized carbons (Fsp3) is 0.421. The second-order valence-electron chi connectivity index (χ2n) is 6.81. The number of carbonyl (C=O) groups excluding carboxylic acids is 1. The summed E-state index contributed by atoms with van der Waals surface area (Å²) >= 11 is 7.81. The number of halogens is 1. The Morgan fingerprint density at radius 2 is 2.00 bits per heavy atom. The van der Waals surface area contributed by atoms with Gasteiger partial charge in [-0.15, -0.1) is 11.3 Å². The average Bonchev–Trinajstić information content (AvgIpc) is 3.14. The largest absolute Gasteiger partial charge is 0.373 e. The molecule has 0 saturated carbocycles. The van der Waals surface area contributed by atoms with E-state index in [1.165, 1.54) is 27.4 Å². The molecule has 1 amide bonds. The van der Waals surface area contributed by atoms with Gasteiger partial charge >= 0.3 is 0 Å². The van der Waals surface area contributed by atoms with Crippen LogP contribution in [0.4, 0.5) is 0 Å². The van der Waals surface area contributed by atoms with Crippen LogP contribution in [0.25, 0.3) is 0 Å². The molecule has 1 aromatic heterocycles. The van der Waals surface area contributed by atoms with Crippen LogP contribution in [-0.2, 0) is 21.2 Å². The number of amides is 1. The first kappa shape index (κ1) is 21.3. The maximum atomic E-state index is 13.1. The molecule has 152 valence electrons. The van der Waals surface area contributed by atoms with Crippen LogP contribution in [-0.4, -0.2) is 50.5 Å². The highest BCUT2D eigenvalue weighted by Crippen LogP contribution is 2.28. The standard InChI is InChI=1S/C19H23ClN2O4S2/c1-13-11-22(12-14(2)26-13)28(24,25)18-10-15(5-6-17(18)20)19(23)21-8-7-16-4-3-9-27-16/h3-6,9-10,13-14H,7-8,11-12H2,1-2H3,(H,21,23). The highest BCUT2D eigenvalue weighted by atomic mass is 35.5. The molecule has 6 nitrogen and oxygen atoms in total. The summed E-state index contributed by atoms with van der Waals surface area (Å²) in [6.07, 6.45) is 0.313. The van der Waals surface area contributed by atoms with Crippen LogP contribution in [0, 0.1) is 0 Å². The van der Waals surface area contributed by atoms with Crippen molar-refractivity contribution in [3.63, 3.8) is 0 Å². The number of thiophene rings is 1. The van der Waals surface area contributed by atoms with E-state index >= 15 is 0 Å². The molecule has 1 fully saturated rings. The summed E-state index contributed by atoms with van der Waals surface area (Å²) in [5.41, 5.74) is 0.267. The molecule has 1 aliphatic rings. The lowest BCUT2D eigenvalue weighted by Gasteiger charge is -2.34. The quantitative estimate of drug-likeness (QED) is 0.745. The minimum absolute atomic E-state index is 0.0543. The highest BCUT2D eigenvalue weighted by Gasteiger charge is 2.33. The number of hydrogen-bond donors (Lipinski definition) is 1. The van der Waals surface area contributed by atoms with Crippen LogP contribution in [0.3, 0.4) is 0 Å². The van der Waals surface area contributed by atoms with E-state index in [4.69, 9.17) is 16.3 Å². The third-order valence-electron chi connectivity index (χ3n) is 4.43. The van der Waals surface area contributed by atoms with Gasteiger partial charge in [0.1, 0.15) is 4.90 Å². The van der Waals surface area contributed by atoms with Gasteiger partial charge < -0.3 is 10.1 Å². The van der Waals surface area contributed by atoms with Gasteiger partial charge in [0.15, 0.2) is 0 Å². The minimum atomic E-state index is -3.83. The zero-order valence-electron chi connectivity index (χ0n) is 15.7. The van der Waals surface area contributed by atoms with Crippen LogP contribution >= 0.6 is 22.9 Å². The molecule has 1 aromatic carbocycles. The van der Waals surface area contributed by atoms with Crippen molar-refractivity contribution in [2.45, 2.75) is 37.4 Å². The smallest absolute Gasteiger partial charge is 0.251 e. The fourth-order valence-electron chi connectivity index (χ4n) is 3.16. The van der Waals surface area contributed by atoms with Crippen LogP contribution < -0.4 is 5.32 Å². The molecular formula is C19H23ClN2O4S2. The number of ether oxygens (including phenoxy) is 1. The Bertz CT molecular complexity index is 921. The van der Waals surface area contributed by atoms with Gasteiger partial charge in [0.25, 0.3) is 5.91 Å². The van der Waals surface area contributed by atoms with Gasteiger partial charge in [-0.2, -0.15) is 4.31 Å². The summed E-state index contributed by atoms with van der Waals surface area (Å²) in [4.78, 5) is 13.6. The number of carbonyl (C=O) groups is 1. The summed E-state index contributed by atoms with van der Waals surface area (Å²) in [6, 6.07) is 8.31. The van der Waals surface area contributed by atoms with Gasteiger partial charge in [-0.3, -0.25) is 4.79 Å². The Balaban J connectivity index is 1.75. The number of rotatable bonds is 6. The summed E-state index contributed by atoms with van der Waals surface area (Å²) in [5.74, 6) is -0.326. The zero-order chi connectivity index (χ0) is 20.3. The van der Waals surface area contributed by atoms with Crippen molar-refractivity contribution < 1.29 is 17.9 Å². The van der Waals surface area contributed by atoms with Crippen molar-refractivity contribution in [1.29, 1.82) is 0 Å². The minimum Gasteiger partial charge on any atom is -0.373 e. The third-order valence-corrected chi connectivity index (χ3v) is 7.68. The third kappa shape index (κ3) is 4.93. The SMILES string of the molecule is CC1CN(S(=O)(=O)c2cc(C(=O)NCCc3cccs3)ccc2Cl)CC(C)O1. The van der Waals surface area contributed by atoms with E-state index in [0.29, 0.717) is 6.54 Å². The van der Waals surface area contributed by atoms with Crippen molar-refractivity contribution in [3.05, 3.63) is 51.2 Å². The Morgan fingerprint density at radius 3 is 2.64 bits per heavy atom. The molecule has 9 heteroatoms. The number of nitrogens with one attached hydrogen (secondary N) is 1. The molecule has 0 aliphatic carbocycles. The Labute approximate surface area is 174 Å². The number of morpholine rings is 1. The van der Waals surface area contributed by atoms with Gasteiger partial charge in [0.2, 0.25) is 10.0 Å². The van der Waals surface area contributed by atoms with Crippen LogP contribution in [0.5, 0.6) is 0 Å². The Kier molecular flexibility index (Phi) is 6.77. The van der Waals surface area contributed by atoms with E-state index in [0.717, 1.165) is 6.42 Å². The van der Waals surface area contributed by atoms with Crippen LogP contribution in [0.1, 0.15) is 29.1 Å². The van der Waals surface area contributed by atoms with Crippen molar-refractivity contribution in [2.24, 2.45) is 0 Å². The molecule has 1 aliphatic heterocycles. The second-order valence-corrected chi connectivity index (χ2v) is 10.2. The maximum absolute atomic E-state index is 13.1. The molecule has 2 heterocycles. The predicted molar refractivity (Wildman–Crippen MR) is 111 cm³/mol. The molecule has 1 saturated heterocycles. The van der Waals surface area contributed by atoms with E-state index in [-0.39, 0.29) is 46.7 Å². The number of nitrogens with zero attached hydrogens (tertiary/aromatic N) is 1. The van der Waals surface area contributed by atoms with Gasteiger partial charge in [0.05, 0.1) is 17.2 Å². The van der Waals surface area contributed by atoms with E-state index < -0.39 is 10.0 Å². The van der Waals surface area contributed by atoms with Gasteiger partial charge in [-0.25, -0.2) is 8.42 Å². The predicted octanol–water partition coefficient (Wildman–Crippen LogP) is 3.17. The van der Waals surface area contributed by atoms with Crippen molar-refractivity contribution >= 4 is 38.9 Å². The lowest BCUT2D eigenvalue weighted by molar-refractivity contribution is -0.0440. The normalized spacial score (nSPS) is 20.8. The first-order valence-electron chi connectivity index (χ1n) is 9.03. The van der Waals surface area contributed by atoms with Crippen molar-refractivity contribution in [2.75, 3.05) is 19.6 Å². The van der Waals surface area contributed by atoms with Gasteiger partial charge in [0, 0.05) is 30.1 Å². The first-order valence-corrected chi connectivity index (χ1v) is 11.7. The van der Waals surface area contributed by atoms with E-state index in [2.05, 4.69) is 5.32 Å². The van der Waals surface area contributed by atoms with Crippen LogP contribution in [0.2, 0.25) is 5.02 Å². The molecule has 1 N–H and O–H groups in total. The van der Waals surface area contributed by atoms with E-state index in [1.807, 2.05) is 31.4 Å².